The van der Waals surface area contributed by atoms with Gasteiger partial charge in [-0.3, -0.25) is 0 Å². The number of para-hydroxylation sites is 2. The molecule has 24 rings (SSSR count). The van der Waals surface area contributed by atoms with E-state index in [-0.39, 0.29) is 0 Å². The van der Waals surface area contributed by atoms with Crippen LogP contribution in [-0.4, -0.2) is 29.9 Å². The molecule has 0 saturated carbocycles. The third-order valence-corrected chi connectivity index (χ3v) is 22.9. The van der Waals surface area contributed by atoms with E-state index in [0.717, 1.165) is 177 Å². The summed E-state index contributed by atoms with van der Waals surface area (Å²) >= 11 is 0. The largest absolute Gasteiger partial charge is 0.456 e. The molecule has 0 amide bonds. The average Bonchev–Trinajstić information content (AvgIpc) is 0.807. The highest BCUT2D eigenvalue weighted by Crippen LogP contribution is 2.58. The quantitative estimate of drug-likeness (QED) is 0.139. The maximum atomic E-state index is 7.26. The molecule has 0 bridgehead atoms. The molecule has 10 heteroatoms. The Kier molecular flexibility index (Phi) is 13.3. The lowest BCUT2D eigenvalue weighted by Crippen LogP contribution is -2.16. The topological polar surface area (TPSA) is 110 Å². The standard InChI is InChI=1S/C102H58N8O2/c1-3-23-62(24-4-1)97-103-99(66-46-52-90-83(55-66)76-36-15-16-42-89(76)111-90)106-101(105-97)69-53-64-27-9-10-31-70(64)88(57-69)110-87-41-19-30-65-54-68(56-84(93(65)87)80-49-44-60-22-8-12-33-72(60)95(80)110)73-37-20-39-81-77-47-45-67(58-91(77)112-96(73)81)100-104-98(63-25-5-2-6-26-63)107-102(108-100)82-50-51-85(75-35-14-13-34-74(75)82)109-86-40-18-29-61-28-17-38-78(92(61)86)79-48-43-59-21-7-11-32-71(59)94(79)109/h1-58H. The average molecular weight is 1430 g/mol. The van der Waals surface area contributed by atoms with Gasteiger partial charge in [0.1, 0.15) is 22.3 Å². The molecule has 18 aromatic carbocycles. The highest BCUT2D eigenvalue weighted by atomic mass is 16.3. The Labute approximate surface area is 640 Å². The first kappa shape index (κ1) is 61.8. The number of aromatic nitrogens is 6. The Morgan fingerprint density at radius 1 is 0.188 bits per heavy atom. The third kappa shape index (κ3) is 9.45. The fraction of sp³-hybridized carbons (Fsp3) is 0. The minimum Gasteiger partial charge on any atom is -0.456 e. The van der Waals surface area contributed by atoms with E-state index in [4.69, 9.17) is 38.7 Å². The van der Waals surface area contributed by atoms with Crippen molar-refractivity contribution >= 4 is 143 Å². The lowest BCUT2D eigenvalue weighted by Gasteiger charge is -2.35. The third-order valence-electron chi connectivity index (χ3n) is 22.9. The van der Waals surface area contributed by atoms with Gasteiger partial charge in [-0.05, 0) is 134 Å². The number of anilines is 6. The molecule has 0 unspecified atom stereocenters. The van der Waals surface area contributed by atoms with Crippen LogP contribution in [0.3, 0.4) is 0 Å². The minimum atomic E-state index is 0.537. The second-order valence-electron chi connectivity index (χ2n) is 29.2. The normalized spacial score (nSPS) is 12.4. The predicted octanol–water partition coefficient (Wildman–Crippen LogP) is 27.3. The van der Waals surface area contributed by atoms with E-state index in [1.165, 1.54) is 32.7 Å². The summed E-state index contributed by atoms with van der Waals surface area (Å²) in [6, 6.07) is 125. The van der Waals surface area contributed by atoms with Crippen LogP contribution < -0.4 is 9.80 Å². The number of nitrogens with zero attached hydrogens (tertiary/aromatic N) is 8. The van der Waals surface area contributed by atoms with Crippen molar-refractivity contribution < 1.29 is 8.83 Å². The molecule has 2 aliphatic rings. The van der Waals surface area contributed by atoms with E-state index in [9.17, 15) is 0 Å². The van der Waals surface area contributed by atoms with Crippen molar-refractivity contribution in [1.82, 2.24) is 29.9 Å². The van der Waals surface area contributed by atoms with Gasteiger partial charge in [0, 0.05) is 104 Å². The van der Waals surface area contributed by atoms with E-state index >= 15 is 0 Å². The van der Waals surface area contributed by atoms with Crippen LogP contribution in [0.1, 0.15) is 0 Å². The first-order valence-electron chi connectivity index (χ1n) is 37.8. The molecular weight excluding hydrogens is 1370 g/mol. The lowest BCUT2D eigenvalue weighted by atomic mass is 9.85. The molecule has 0 aliphatic carbocycles. The maximum Gasteiger partial charge on any atom is 0.164 e. The molecule has 0 N–H and O–H groups in total. The van der Waals surface area contributed by atoms with Crippen molar-refractivity contribution in [2.45, 2.75) is 0 Å². The van der Waals surface area contributed by atoms with Gasteiger partial charge in [0.15, 0.2) is 34.9 Å². The van der Waals surface area contributed by atoms with Gasteiger partial charge in [0.05, 0.1) is 34.1 Å². The fourth-order valence-corrected chi connectivity index (χ4v) is 17.9. The van der Waals surface area contributed by atoms with Crippen molar-refractivity contribution in [3.8, 4) is 102 Å². The zero-order chi connectivity index (χ0) is 73.2. The summed E-state index contributed by atoms with van der Waals surface area (Å²) in [5, 5.41) is 17.6. The molecule has 518 valence electrons. The Balaban J connectivity index is 0.640. The van der Waals surface area contributed by atoms with Crippen LogP contribution in [0.25, 0.3) is 210 Å². The molecule has 0 fully saturated rings. The SMILES string of the molecule is c1ccc(-c2nc(-c3cc(N4c5c(ccc6ccccc56)-c5cc(-c6cccc7c6oc6cc(-c8nc(-c9ccccc9)nc(-c9ccc(N%10c%11c(ccc%12ccccc%11%12)-c%11cccc%12cccc%10c%11%12)c%10ccccc9%10)n8)ccc67)cc6cccc4c56)c4ccccc4c3)nc(-c3ccc4oc5ccccc5c4c3)n2)cc1. The van der Waals surface area contributed by atoms with Gasteiger partial charge < -0.3 is 18.6 Å². The van der Waals surface area contributed by atoms with Gasteiger partial charge in [-0.15, -0.1) is 0 Å². The summed E-state index contributed by atoms with van der Waals surface area (Å²) in [5.74, 6) is 3.39. The van der Waals surface area contributed by atoms with Gasteiger partial charge >= 0.3 is 0 Å². The molecule has 2 aliphatic heterocycles. The van der Waals surface area contributed by atoms with Gasteiger partial charge in [-0.25, -0.2) is 29.9 Å². The van der Waals surface area contributed by atoms with Crippen molar-refractivity contribution in [1.29, 1.82) is 0 Å². The van der Waals surface area contributed by atoms with Crippen molar-refractivity contribution in [2.24, 2.45) is 0 Å². The number of rotatable bonds is 9. The Morgan fingerprint density at radius 3 is 1.38 bits per heavy atom. The summed E-state index contributed by atoms with van der Waals surface area (Å²) in [4.78, 5) is 37.1. The van der Waals surface area contributed by atoms with Crippen LogP contribution >= 0.6 is 0 Å². The zero-order valence-electron chi connectivity index (χ0n) is 59.9. The number of hydrogen-bond acceptors (Lipinski definition) is 10. The second-order valence-corrected chi connectivity index (χ2v) is 29.2. The molecule has 22 aromatic rings. The number of hydrogen-bond donors (Lipinski definition) is 0. The molecule has 0 saturated heterocycles. The summed E-state index contributed by atoms with van der Waals surface area (Å²) in [6.07, 6.45) is 0. The van der Waals surface area contributed by atoms with Crippen LogP contribution in [0.15, 0.2) is 361 Å². The number of benzene rings is 18. The summed E-state index contributed by atoms with van der Waals surface area (Å²) < 4.78 is 13.6. The van der Waals surface area contributed by atoms with Crippen molar-refractivity contribution in [2.75, 3.05) is 9.80 Å². The Morgan fingerprint density at radius 2 is 0.670 bits per heavy atom. The minimum absolute atomic E-state index is 0.537. The highest BCUT2D eigenvalue weighted by molar-refractivity contribution is 6.24. The Hall–Kier alpha value is -15.3. The molecule has 0 radical (unpaired) electrons. The summed E-state index contributed by atoms with van der Waals surface area (Å²) in [5.41, 5.74) is 21.6. The van der Waals surface area contributed by atoms with Gasteiger partial charge in [0.25, 0.3) is 0 Å². The summed E-state index contributed by atoms with van der Waals surface area (Å²) in [7, 11) is 0. The molecule has 112 heavy (non-hydrogen) atoms. The molecule has 0 spiro atoms. The Bertz CT molecular complexity index is 7800. The zero-order valence-corrected chi connectivity index (χ0v) is 59.9. The predicted molar refractivity (Wildman–Crippen MR) is 458 cm³/mol. The maximum absolute atomic E-state index is 7.26. The van der Waals surface area contributed by atoms with Gasteiger partial charge in [-0.2, -0.15) is 0 Å². The lowest BCUT2D eigenvalue weighted by molar-refractivity contribution is 0.669. The molecule has 4 aromatic heterocycles. The molecular formula is C102H58N8O2. The summed E-state index contributed by atoms with van der Waals surface area (Å²) in [6.45, 7) is 0. The fourth-order valence-electron chi connectivity index (χ4n) is 17.9. The van der Waals surface area contributed by atoms with E-state index in [1.807, 2.05) is 66.7 Å². The monoisotopic (exact) mass is 1430 g/mol. The van der Waals surface area contributed by atoms with Crippen LogP contribution in [0.4, 0.5) is 34.1 Å². The van der Waals surface area contributed by atoms with Crippen molar-refractivity contribution in [3.05, 3.63) is 352 Å². The second kappa shape index (κ2) is 24.1. The van der Waals surface area contributed by atoms with Crippen LogP contribution in [-0.2, 0) is 0 Å². The highest BCUT2D eigenvalue weighted by Gasteiger charge is 2.33. The molecule has 0 atom stereocenters. The smallest absolute Gasteiger partial charge is 0.164 e. The number of fused-ring (bicyclic) bond motifs is 16. The van der Waals surface area contributed by atoms with Crippen molar-refractivity contribution in [3.63, 3.8) is 0 Å². The first-order valence-corrected chi connectivity index (χ1v) is 37.8. The molecule has 6 heterocycles. The molecule has 10 nitrogen and oxygen atoms in total. The van der Waals surface area contributed by atoms with E-state index in [0.29, 0.717) is 34.9 Å². The first-order chi connectivity index (χ1) is 55.5. The van der Waals surface area contributed by atoms with E-state index in [2.05, 4.69) is 295 Å². The van der Waals surface area contributed by atoms with Crippen LogP contribution in [0.2, 0.25) is 0 Å². The van der Waals surface area contributed by atoms with Crippen LogP contribution in [0.5, 0.6) is 0 Å². The van der Waals surface area contributed by atoms with Crippen LogP contribution in [0, 0.1) is 0 Å². The van der Waals surface area contributed by atoms with Gasteiger partial charge in [-0.1, -0.05) is 267 Å². The van der Waals surface area contributed by atoms with E-state index < -0.39 is 0 Å². The van der Waals surface area contributed by atoms with E-state index in [1.54, 1.807) is 0 Å². The van der Waals surface area contributed by atoms with Gasteiger partial charge in [0.2, 0.25) is 0 Å². The number of furan rings is 2.